The van der Waals surface area contributed by atoms with Crippen LogP contribution >= 0.6 is 9.47 Å². The minimum Gasteiger partial charge on any atom is -0.362 e. The third-order valence-corrected chi connectivity index (χ3v) is 3.83. The standard InChI is InChI=1S/C9H13OP/c1-3-9-5-7(9)4-8(10-11)6(9)2/h1,6-8H,4-5,11H2,2H3/t6?,7?,8-,9+/m0/s1. The van der Waals surface area contributed by atoms with Crippen LogP contribution in [0.4, 0.5) is 0 Å². The lowest BCUT2D eigenvalue weighted by Crippen LogP contribution is -2.20. The molecule has 3 unspecified atom stereocenters. The van der Waals surface area contributed by atoms with E-state index in [1.54, 1.807) is 0 Å². The highest BCUT2D eigenvalue weighted by molar-refractivity contribution is 7.09. The van der Waals surface area contributed by atoms with E-state index in [2.05, 4.69) is 22.3 Å². The van der Waals surface area contributed by atoms with Crippen molar-refractivity contribution in [3.05, 3.63) is 0 Å². The second-order valence-electron chi connectivity index (χ2n) is 3.78. The fourth-order valence-electron chi connectivity index (χ4n) is 2.50. The fourth-order valence-corrected chi connectivity index (χ4v) is 2.84. The molecule has 2 heteroatoms. The molecule has 2 saturated carbocycles. The van der Waals surface area contributed by atoms with Gasteiger partial charge >= 0.3 is 0 Å². The fraction of sp³-hybridized carbons (Fsp3) is 0.778. The van der Waals surface area contributed by atoms with Gasteiger partial charge in [0.2, 0.25) is 0 Å². The van der Waals surface area contributed by atoms with E-state index in [0.717, 1.165) is 12.3 Å². The van der Waals surface area contributed by atoms with Gasteiger partial charge in [-0.15, -0.1) is 6.42 Å². The van der Waals surface area contributed by atoms with Crippen LogP contribution in [-0.2, 0) is 4.52 Å². The van der Waals surface area contributed by atoms with Gasteiger partial charge in [0.05, 0.1) is 6.10 Å². The highest BCUT2D eigenvalue weighted by atomic mass is 31.0. The second-order valence-corrected chi connectivity index (χ2v) is 4.06. The smallest absolute Gasteiger partial charge is 0.0654 e. The van der Waals surface area contributed by atoms with Gasteiger partial charge in [-0.3, -0.25) is 0 Å². The maximum absolute atomic E-state index is 5.50. The van der Waals surface area contributed by atoms with E-state index in [4.69, 9.17) is 10.9 Å². The zero-order chi connectivity index (χ0) is 8.06. The lowest BCUT2D eigenvalue weighted by molar-refractivity contribution is 0.165. The normalized spacial score (nSPS) is 53.4. The first-order chi connectivity index (χ1) is 5.24. The Bertz CT molecular complexity index is 220. The topological polar surface area (TPSA) is 9.23 Å². The molecule has 0 saturated heterocycles. The van der Waals surface area contributed by atoms with E-state index in [9.17, 15) is 0 Å². The molecular weight excluding hydrogens is 155 g/mol. The van der Waals surface area contributed by atoms with Crippen LogP contribution < -0.4 is 0 Å². The summed E-state index contributed by atoms with van der Waals surface area (Å²) in [7, 11) is 2.35. The van der Waals surface area contributed by atoms with Crippen molar-refractivity contribution in [3.63, 3.8) is 0 Å². The molecular formula is C9H13OP. The molecule has 11 heavy (non-hydrogen) atoms. The quantitative estimate of drug-likeness (QED) is 0.429. The molecule has 0 aromatic carbocycles. The van der Waals surface area contributed by atoms with Crippen LogP contribution in [0.5, 0.6) is 0 Å². The van der Waals surface area contributed by atoms with Gasteiger partial charge in [-0.2, -0.15) is 0 Å². The maximum Gasteiger partial charge on any atom is 0.0654 e. The van der Waals surface area contributed by atoms with Crippen LogP contribution in [0, 0.1) is 29.6 Å². The Hall–Kier alpha value is -0.0500. The summed E-state index contributed by atoms with van der Waals surface area (Å²) in [6, 6.07) is 0. The first-order valence-corrected chi connectivity index (χ1v) is 4.55. The minimum atomic E-state index is 0.223. The monoisotopic (exact) mass is 168 g/mol. The first-order valence-electron chi connectivity index (χ1n) is 4.08. The number of hydrogen-bond donors (Lipinski definition) is 0. The summed E-state index contributed by atoms with van der Waals surface area (Å²) in [5, 5.41) is 0. The van der Waals surface area contributed by atoms with Crippen molar-refractivity contribution >= 4 is 9.47 Å². The molecule has 5 atom stereocenters. The van der Waals surface area contributed by atoms with Crippen molar-refractivity contribution < 1.29 is 4.52 Å². The number of terminal acetylenes is 1. The molecule has 0 aromatic heterocycles. The Morgan fingerprint density at radius 3 is 2.82 bits per heavy atom. The summed E-state index contributed by atoms with van der Waals surface area (Å²) in [5.74, 6) is 4.25. The average molecular weight is 168 g/mol. The van der Waals surface area contributed by atoms with Gasteiger partial charge in [0.1, 0.15) is 0 Å². The van der Waals surface area contributed by atoms with Crippen LogP contribution in [0.2, 0.25) is 0 Å². The van der Waals surface area contributed by atoms with E-state index in [0.29, 0.717) is 12.0 Å². The summed E-state index contributed by atoms with van der Waals surface area (Å²) in [5.41, 5.74) is 0.223. The van der Waals surface area contributed by atoms with Crippen LogP contribution in [0.3, 0.4) is 0 Å². The third kappa shape index (κ3) is 0.805. The molecule has 0 radical (unpaired) electrons. The van der Waals surface area contributed by atoms with E-state index in [1.807, 2.05) is 0 Å². The zero-order valence-electron chi connectivity index (χ0n) is 6.71. The summed E-state index contributed by atoms with van der Waals surface area (Å²) in [6.45, 7) is 2.21. The van der Waals surface area contributed by atoms with E-state index in [1.165, 1.54) is 6.42 Å². The molecule has 2 aliphatic carbocycles. The Kier molecular flexibility index (Phi) is 1.53. The summed E-state index contributed by atoms with van der Waals surface area (Å²) >= 11 is 0. The lowest BCUT2D eigenvalue weighted by Gasteiger charge is -2.19. The molecule has 0 amide bonds. The highest BCUT2D eigenvalue weighted by Crippen LogP contribution is 2.66. The molecule has 0 spiro atoms. The van der Waals surface area contributed by atoms with Crippen molar-refractivity contribution in [2.75, 3.05) is 0 Å². The van der Waals surface area contributed by atoms with Gasteiger partial charge in [-0.05, 0) is 24.7 Å². The molecule has 0 bridgehead atoms. The van der Waals surface area contributed by atoms with Gasteiger partial charge in [0.15, 0.2) is 0 Å². The number of hydrogen-bond acceptors (Lipinski definition) is 1. The van der Waals surface area contributed by atoms with Crippen LogP contribution in [0.15, 0.2) is 0 Å². The number of fused-ring (bicyclic) bond motifs is 1. The van der Waals surface area contributed by atoms with Gasteiger partial charge in [0, 0.05) is 14.9 Å². The van der Waals surface area contributed by atoms with Gasteiger partial charge in [-0.1, -0.05) is 12.8 Å². The molecule has 60 valence electrons. The van der Waals surface area contributed by atoms with Crippen molar-refractivity contribution in [3.8, 4) is 12.3 Å². The largest absolute Gasteiger partial charge is 0.362 e. The van der Waals surface area contributed by atoms with Gasteiger partial charge in [0.25, 0.3) is 0 Å². The molecule has 0 heterocycles. The van der Waals surface area contributed by atoms with Crippen molar-refractivity contribution in [1.82, 2.24) is 0 Å². The van der Waals surface area contributed by atoms with Crippen LogP contribution in [0.1, 0.15) is 19.8 Å². The molecule has 2 aliphatic rings. The average Bonchev–Trinajstić information content (AvgIpc) is 2.68. The summed E-state index contributed by atoms with van der Waals surface area (Å²) < 4.78 is 5.27. The van der Waals surface area contributed by atoms with Crippen LogP contribution in [0.25, 0.3) is 0 Å². The van der Waals surface area contributed by atoms with Crippen molar-refractivity contribution in [1.29, 1.82) is 0 Å². The first kappa shape index (κ1) is 7.59. The predicted molar refractivity (Wildman–Crippen MR) is 47.7 cm³/mol. The van der Waals surface area contributed by atoms with Crippen molar-refractivity contribution in [2.45, 2.75) is 25.9 Å². The van der Waals surface area contributed by atoms with Gasteiger partial charge < -0.3 is 4.52 Å². The Balaban J connectivity index is 2.17. The second kappa shape index (κ2) is 2.22. The summed E-state index contributed by atoms with van der Waals surface area (Å²) in [6.07, 6.45) is 8.28. The molecule has 2 rings (SSSR count). The summed E-state index contributed by atoms with van der Waals surface area (Å²) in [4.78, 5) is 0. The molecule has 0 aliphatic heterocycles. The van der Waals surface area contributed by atoms with E-state index in [-0.39, 0.29) is 5.41 Å². The van der Waals surface area contributed by atoms with E-state index >= 15 is 0 Å². The third-order valence-electron chi connectivity index (χ3n) is 3.48. The highest BCUT2D eigenvalue weighted by Gasteiger charge is 2.64. The molecule has 0 N–H and O–H groups in total. The Labute approximate surface area is 70.2 Å². The molecule has 1 nitrogen and oxygen atoms in total. The molecule has 2 fully saturated rings. The van der Waals surface area contributed by atoms with E-state index < -0.39 is 0 Å². The predicted octanol–water partition coefficient (Wildman–Crippen LogP) is 1.84. The number of rotatable bonds is 1. The van der Waals surface area contributed by atoms with Gasteiger partial charge in [-0.25, -0.2) is 0 Å². The maximum atomic E-state index is 5.50. The Morgan fingerprint density at radius 1 is 1.73 bits per heavy atom. The Morgan fingerprint density at radius 2 is 2.45 bits per heavy atom. The molecule has 0 aromatic rings. The van der Waals surface area contributed by atoms with Crippen molar-refractivity contribution in [2.24, 2.45) is 17.3 Å². The lowest BCUT2D eigenvalue weighted by atomic mass is 9.91. The van der Waals surface area contributed by atoms with Crippen LogP contribution in [-0.4, -0.2) is 6.10 Å². The minimum absolute atomic E-state index is 0.223. The SMILES string of the molecule is C#C[C@]12CC1C[C@H](OP)C2C. The zero-order valence-corrected chi connectivity index (χ0v) is 7.86.